The summed E-state index contributed by atoms with van der Waals surface area (Å²) in [5, 5.41) is -0.0114. The molecule has 0 aromatic heterocycles. The average Bonchev–Trinajstić information content (AvgIpc) is 3.11. The van der Waals surface area contributed by atoms with Gasteiger partial charge in [0.25, 0.3) is 5.91 Å². The summed E-state index contributed by atoms with van der Waals surface area (Å²) in [5.41, 5.74) is 3.40. The number of anilines is 1. The van der Waals surface area contributed by atoms with E-state index in [2.05, 4.69) is 14.5 Å². The second kappa shape index (κ2) is 16.9. The Hall–Kier alpha value is -2.86. The van der Waals surface area contributed by atoms with Crippen molar-refractivity contribution in [3.8, 4) is 5.75 Å². The molecule has 10 nitrogen and oxygen atoms in total. The number of nitrogens with zero attached hydrogens (tertiary/aromatic N) is 3. The lowest BCUT2D eigenvalue weighted by Crippen LogP contribution is -2.53. The number of halogens is 1. The Morgan fingerprint density at radius 3 is 2.57 bits per heavy atom. The minimum atomic E-state index is -3.91. The van der Waals surface area contributed by atoms with Crippen LogP contribution in [0.3, 0.4) is 0 Å². The van der Waals surface area contributed by atoms with Gasteiger partial charge in [-0.25, -0.2) is 13.1 Å². The van der Waals surface area contributed by atoms with Gasteiger partial charge in [-0.05, 0) is 117 Å². The maximum atomic E-state index is 13.5. The molecule has 0 spiro atoms. The molecule has 2 bridgehead atoms. The van der Waals surface area contributed by atoms with E-state index in [1.807, 2.05) is 42.2 Å². The van der Waals surface area contributed by atoms with Crippen LogP contribution >= 0.6 is 11.6 Å². The molecule has 1 saturated heterocycles. The van der Waals surface area contributed by atoms with Crippen LogP contribution in [-0.2, 0) is 32.6 Å². The number of carbonyl (C=O) groups excluding carboxylic acids is 2. The van der Waals surface area contributed by atoms with Crippen molar-refractivity contribution in [2.45, 2.75) is 77.1 Å². The van der Waals surface area contributed by atoms with E-state index in [4.69, 9.17) is 21.1 Å². The molecular formula is C39H55ClN4O6S. The number of sulfonamides is 1. The largest absolute Gasteiger partial charge is 0.487 e. The van der Waals surface area contributed by atoms with E-state index < -0.39 is 21.2 Å². The summed E-state index contributed by atoms with van der Waals surface area (Å²) >= 11 is 6.38. The molecular weight excluding hydrogens is 688 g/mol. The number of fused-ring (bicyclic) bond motifs is 3. The summed E-state index contributed by atoms with van der Waals surface area (Å²) in [7, 11) is -2.25. The van der Waals surface area contributed by atoms with Crippen LogP contribution in [-0.4, -0.2) is 94.8 Å². The number of ether oxygens (including phenoxy) is 2. The molecule has 2 aromatic rings. The molecule has 280 valence electrons. The minimum absolute atomic E-state index is 0.124. The van der Waals surface area contributed by atoms with Crippen LogP contribution < -0.4 is 14.4 Å². The predicted octanol–water partition coefficient (Wildman–Crippen LogP) is 5.76. The molecule has 0 radical (unpaired) electrons. The molecule has 51 heavy (non-hydrogen) atoms. The van der Waals surface area contributed by atoms with Gasteiger partial charge < -0.3 is 19.3 Å². The van der Waals surface area contributed by atoms with Gasteiger partial charge in [-0.1, -0.05) is 31.0 Å². The van der Waals surface area contributed by atoms with Crippen molar-refractivity contribution >= 4 is 39.1 Å². The molecule has 0 unspecified atom stereocenters. The minimum Gasteiger partial charge on any atom is -0.487 e. The van der Waals surface area contributed by atoms with Crippen molar-refractivity contribution in [3.05, 3.63) is 58.1 Å². The quantitative estimate of drug-likeness (QED) is 0.412. The van der Waals surface area contributed by atoms with Gasteiger partial charge in [-0.3, -0.25) is 14.5 Å². The second-order valence-electron chi connectivity index (χ2n) is 15.2. The molecule has 4 aliphatic rings. The smallest absolute Gasteiger partial charge is 0.264 e. The number of carbonyl (C=O) groups is 2. The van der Waals surface area contributed by atoms with Crippen molar-refractivity contribution in [3.63, 3.8) is 0 Å². The van der Waals surface area contributed by atoms with Gasteiger partial charge in [0, 0.05) is 57.0 Å². The van der Waals surface area contributed by atoms with E-state index in [1.165, 1.54) is 5.56 Å². The Kier molecular flexibility index (Phi) is 12.5. The summed E-state index contributed by atoms with van der Waals surface area (Å²) in [6.45, 7) is 9.68. The molecule has 12 heteroatoms. The molecule has 2 aromatic carbocycles. The van der Waals surface area contributed by atoms with E-state index in [9.17, 15) is 18.0 Å². The van der Waals surface area contributed by atoms with Crippen LogP contribution in [0.1, 0.15) is 80.3 Å². The number of aryl methyl sites for hydroxylation is 1. The second-order valence-corrected chi connectivity index (χ2v) is 17.7. The molecule has 5 atom stereocenters. The van der Waals surface area contributed by atoms with Crippen LogP contribution in [0.4, 0.5) is 5.69 Å². The molecule has 2 fully saturated rings. The summed E-state index contributed by atoms with van der Waals surface area (Å²) in [6, 6.07) is 11.3. The first-order valence-corrected chi connectivity index (χ1v) is 20.8. The highest BCUT2D eigenvalue weighted by Gasteiger charge is 2.40. The summed E-state index contributed by atoms with van der Waals surface area (Å²) < 4.78 is 41.1. The van der Waals surface area contributed by atoms with Crippen molar-refractivity contribution in [2.75, 3.05) is 64.4 Å². The number of benzene rings is 2. The van der Waals surface area contributed by atoms with Crippen LogP contribution in [0.25, 0.3) is 0 Å². The standard InChI is InChI=1S/C39H55ClN4O6S/c1-27-7-6-9-31(23-42-17-18-43(19-20-49-3)38(45)25-42)35-14-11-32(35)24-44-16-5-4-8-29-21-34(40)13-10-33(29)26-50-37-15-12-30(22-36(37)44)39(46)41-51(47,48)28(27)2/h10,12-13,15,21-22,27-28,31-32,35H,4-9,11,14,16-20,23-26H2,1-3H3,(H,41,46)/t27-,28+,31-,32-,35-/m0/s1. The van der Waals surface area contributed by atoms with Gasteiger partial charge >= 0.3 is 0 Å². The zero-order chi connectivity index (χ0) is 36.1. The SMILES string of the molecule is COCCN1CCN(C[C@@H]2CCC[C@H](C)[C@@H](C)S(=O)(=O)NC(=O)c3ccc4c(c3)N(CCCCc3cc(Cl)ccc3CO4)C[C@@H]3CC[C@@H]23)CC1=O. The van der Waals surface area contributed by atoms with E-state index >= 15 is 0 Å². The molecule has 3 heterocycles. The number of nitrogens with one attached hydrogen (secondary N) is 1. The van der Waals surface area contributed by atoms with Crippen molar-refractivity contribution in [1.82, 2.24) is 14.5 Å². The van der Waals surface area contributed by atoms with Crippen LogP contribution in [0, 0.1) is 23.7 Å². The first-order valence-electron chi connectivity index (χ1n) is 18.9. The Morgan fingerprint density at radius 2 is 1.80 bits per heavy atom. The first-order chi connectivity index (χ1) is 24.5. The van der Waals surface area contributed by atoms with Crippen molar-refractivity contribution in [2.24, 2.45) is 23.7 Å². The van der Waals surface area contributed by atoms with Crippen molar-refractivity contribution < 1.29 is 27.5 Å². The highest BCUT2D eigenvalue weighted by Crippen LogP contribution is 2.44. The third kappa shape index (κ3) is 9.21. The topological polar surface area (TPSA) is 108 Å². The third-order valence-corrected chi connectivity index (χ3v) is 14.1. The van der Waals surface area contributed by atoms with E-state index in [0.29, 0.717) is 66.9 Å². The van der Waals surface area contributed by atoms with Crippen LogP contribution in [0.2, 0.25) is 5.02 Å². The first kappa shape index (κ1) is 37.9. The van der Waals surface area contributed by atoms with Crippen LogP contribution in [0.15, 0.2) is 36.4 Å². The molecule has 1 N–H and O–H groups in total. The lowest BCUT2D eigenvalue weighted by molar-refractivity contribution is -0.137. The third-order valence-electron chi connectivity index (χ3n) is 12.0. The molecule has 2 amide bonds. The number of amides is 2. The predicted molar refractivity (Wildman–Crippen MR) is 201 cm³/mol. The van der Waals surface area contributed by atoms with Crippen LogP contribution in [0.5, 0.6) is 5.75 Å². The maximum absolute atomic E-state index is 13.5. The normalized spacial score (nSPS) is 28.0. The number of methoxy groups -OCH3 is 1. The Bertz CT molecular complexity index is 1660. The van der Waals surface area contributed by atoms with Gasteiger partial charge in [-0.15, -0.1) is 0 Å². The highest BCUT2D eigenvalue weighted by atomic mass is 35.5. The number of hydrogen-bond acceptors (Lipinski definition) is 8. The van der Waals surface area contributed by atoms with Gasteiger partial charge in [0.1, 0.15) is 12.4 Å². The zero-order valence-electron chi connectivity index (χ0n) is 30.4. The summed E-state index contributed by atoms with van der Waals surface area (Å²) in [5.74, 6) is 1.46. The Morgan fingerprint density at radius 1 is 0.961 bits per heavy atom. The monoisotopic (exact) mass is 742 g/mol. The van der Waals surface area contributed by atoms with Gasteiger partial charge in [0.05, 0.1) is 24.1 Å². The van der Waals surface area contributed by atoms with Gasteiger partial charge in [0.2, 0.25) is 15.9 Å². The Balaban J connectivity index is 1.30. The number of hydrogen-bond donors (Lipinski definition) is 1. The fraction of sp³-hybridized carbons (Fsp3) is 0.641. The maximum Gasteiger partial charge on any atom is 0.264 e. The molecule has 3 aliphatic heterocycles. The highest BCUT2D eigenvalue weighted by molar-refractivity contribution is 7.90. The molecule has 1 saturated carbocycles. The van der Waals surface area contributed by atoms with E-state index in [0.717, 1.165) is 88.8 Å². The summed E-state index contributed by atoms with van der Waals surface area (Å²) in [6.07, 6.45) is 7.74. The Labute approximate surface area is 309 Å². The zero-order valence-corrected chi connectivity index (χ0v) is 32.0. The molecule has 6 rings (SSSR count). The molecule has 1 aliphatic carbocycles. The fourth-order valence-corrected chi connectivity index (χ4v) is 9.96. The number of piperazine rings is 1. The van der Waals surface area contributed by atoms with E-state index in [-0.39, 0.29) is 11.8 Å². The van der Waals surface area contributed by atoms with E-state index in [1.54, 1.807) is 20.1 Å². The van der Waals surface area contributed by atoms with Gasteiger partial charge in [0.15, 0.2) is 0 Å². The van der Waals surface area contributed by atoms with Crippen molar-refractivity contribution in [1.29, 1.82) is 0 Å². The lowest BCUT2D eigenvalue weighted by Gasteiger charge is -2.47. The summed E-state index contributed by atoms with van der Waals surface area (Å²) in [4.78, 5) is 33.2. The fourth-order valence-electron chi connectivity index (χ4n) is 8.45. The average molecular weight is 743 g/mol. The van der Waals surface area contributed by atoms with Gasteiger partial charge in [-0.2, -0.15) is 0 Å². The lowest BCUT2D eigenvalue weighted by atomic mass is 9.65. The number of rotatable bonds is 5.